The number of carbonyl (C=O) groups excluding carboxylic acids is 1. The van der Waals surface area contributed by atoms with Crippen LogP contribution in [0.5, 0.6) is 0 Å². The first-order valence-corrected chi connectivity index (χ1v) is 5.46. The summed E-state index contributed by atoms with van der Waals surface area (Å²) < 4.78 is 17.7. The van der Waals surface area contributed by atoms with Crippen LogP contribution >= 0.6 is 24.0 Å². The molecular weight excluding hydrogens is 282 g/mol. The number of carbonyl (C=O) groups is 1. The molecular formula is C11H15Cl2FN2O2. The number of halogens is 3. The van der Waals surface area contributed by atoms with Crippen molar-refractivity contribution >= 4 is 35.6 Å². The maximum absolute atomic E-state index is 12.9. The molecule has 0 aliphatic carbocycles. The van der Waals surface area contributed by atoms with Gasteiger partial charge in [-0.15, -0.1) is 12.4 Å². The first-order chi connectivity index (χ1) is 8.13. The minimum Gasteiger partial charge on any atom is -0.383 e. The smallest absolute Gasteiger partial charge is 0.238 e. The van der Waals surface area contributed by atoms with Gasteiger partial charge in [-0.25, -0.2) is 4.39 Å². The molecule has 0 radical (unpaired) electrons. The van der Waals surface area contributed by atoms with Gasteiger partial charge in [0, 0.05) is 19.3 Å². The highest BCUT2D eigenvalue weighted by Crippen LogP contribution is 2.18. The van der Waals surface area contributed by atoms with Crippen molar-refractivity contribution in [2.45, 2.75) is 0 Å². The molecule has 1 amide bonds. The van der Waals surface area contributed by atoms with E-state index in [0.29, 0.717) is 18.8 Å². The average Bonchev–Trinajstić information content (AvgIpc) is 2.30. The van der Waals surface area contributed by atoms with Crippen LogP contribution in [0, 0.1) is 5.82 Å². The van der Waals surface area contributed by atoms with E-state index in [2.05, 4.69) is 10.6 Å². The summed E-state index contributed by atoms with van der Waals surface area (Å²) in [6.07, 6.45) is 0. The van der Waals surface area contributed by atoms with Gasteiger partial charge >= 0.3 is 0 Å². The molecule has 0 spiro atoms. The van der Waals surface area contributed by atoms with Crippen molar-refractivity contribution in [2.24, 2.45) is 0 Å². The van der Waals surface area contributed by atoms with Crippen LogP contribution in [-0.2, 0) is 9.53 Å². The van der Waals surface area contributed by atoms with Crippen LogP contribution < -0.4 is 10.6 Å². The summed E-state index contributed by atoms with van der Waals surface area (Å²) in [6.45, 7) is 1.29. The number of hydrogen-bond donors (Lipinski definition) is 2. The van der Waals surface area contributed by atoms with Crippen molar-refractivity contribution < 1.29 is 13.9 Å². The lowest BCUT2D eigenvalue weighted by Crippen LogP contribution is -2.30. The quantitative estimate of drug-likeness (QED) is 0.790. The second kappa shape index (κ2) is 9.10. The summed E-state index contributed by atoms with van der Waals surface area (Å²) in [6, 6.07) is 4.02. The zero-order valence-electron chi connectivity index (χ0n) is 9.83. The molecule has 0 unspecified atom stereocenters. The third-order valence-corrected chi connectivity index (χ3v) is 2.26. The zero-order valence-corrected chi connectivity index (χ0v) is 11.4. The first kappa shape index (κ1) is 17.1. The van der Waals surface area contributed by atoms with Crippen molar-refractivity contribution in [3.8, 4) is 0 Å². The van der Waals surface area contributed by atoms with Crippen molar-refractivity contribution in [3.05, 3.63) is 29.0 Å². The fraction of sp³-hybridized carbons (Fsp3) is 0.364. The minimum atomic E-state index is -0.511. The van der Waals surface area contributed by atoms with Gasteiger partial charge in [0.1, 0.15) is 5.82 Å². The molecule has 102 valence electrons. The minimum absolute atomic E-state index is 0. The third kappa shape index (κ3) is 6.16. The number of hydrogen-bond acceptors (Lipinski definition) is 3. The van der Waals surface area contributed by atoms with Gasteiger partial charge in [-0.05, 0) is 18.2 Å². The van der Waals surface area contributed by atoms with Gasteiger partial charge in [0.15, 0.2) is 0 Å². The molecule has 0 heterocycles. The molecule has 0 saturated carbocycles. The van der Waals surface area contributed by atoms with Crippen LogP contribution in [0.1, 0.15) is 0 Å². The predicted octanol–water partition coefficient (Wildman–Crippen LogP) is 2.08. The van der Waals surface area contributed by atoms with Crippen molar-refractivity contribution in [1.29, 1.82) is 0 Å². The fourth-order valence-corrected chi connectivity index (χ4v) is 1.34. The number of ether oxygens (including phenoxy) is 1. The maximum atomic E-state index is 12.9. The van der Waals surface area contributed by atoms with Crippen LogP contribution in [0.25, 0.3) is 0 Å². The lowest BCUT2D eigenvalue weighted by Gasteiger charge is -2.07. The lowest BCUT2D eigenvalue weighted by molar-refractivity contribution is -0.115. The van der Waals surface area contributed by atoms with Crippen LogP contribution in [0.2, 0.25) is 5.02 Å². The van der Waals surface area contributed by atoms with Crippen molar-refractivity contribution in [1.82, 2.24) is 5.32 Å². The average molecular weight is 297 g/mol. The van der Waals surface area contributed by atoms with E-state index < -0.39 is 5.82 Å². The lowest BCUT2D eigenvalue weighted by atomic mass is 10.3. The Morgan fingerprint density at radius 3 is 2.83 bits per heavy atom. The first-order valence-electron chi connectivity index (χ1n) is 5.08. The molecule has 0 saturated heterocycles. The predicted molar refractivity (Wildman–Crippen MR) is 72.0 cm³/mol. The van der Waals surface area contributed by atoms with E-state index in [9.17, 15) is 9.18 Å². The SMILES string of the molecule is COCCNCC(=O)Nc1ccc(F)c(Cl)c1.Cl. The van der Waals surface area contributed by atoms with Crippen molar-refractivity contribution in [3.63, 3.8) is 0 Å². The van der Waals surface area contributed by atoms with E-state index in [4.69, 9.17) is 16.3 Å². The van der Waals surface area contributed by atoms with E-state index in [1.54, 1.807) is 7.11 Å². The molecule has 1 aromatic carbocycles. The highest BCUT2D eigenvalue weighted by atomic mass is 35.5. The molecule has 0 bridgehead atoms. The second-order valence-corrected chi connectivity index (χ2v) is 3.75. The Labute approximate surface area is 116 Å². The Balaban J connectivity index is 0.00000289. The molecule has 18 heavy (non-hydrogen) atoms. The Bertz CT molecular complexity index is 391. The highest BCUT2D eigenvalue weighted by Gasteiger charge is 2.04. The summed E-state index contributed by atoms with van der Waals surface area (Å²) in [4.78, 5) is 11.4. The third-order valence-electron chi connectivity index (χ3n) is 1.97. The van der Waals surface area contributed by atoms with Gasteiger partial charge in [-0.2, -0.15) is 0 Å². The van der Waals surface area contributed by atoms with Crippen LogP contribution in [0.4, 0.5) is 10.1 Å². The molecule has 0 aromatic heterocycles. The van der Waals surface area contributed by atoms with E-state index in [1.807, 2.05) is 0 Å². The normalized spacial score (nSPS) is 9.72. The Morgan fingerprint density at radius 1 is 1.50 bits per heavy atom. The summed E-state index contributed by atoms with van der Waals surface area (Å²) >= 11 is 5.58. The van der Waals surface area contributed by atoms with Gasteiger partial charge in [-0.3, -0.25) is 4.79 Å². The van der Waals surface area contributed by atoms with Crippen LogP contribution in [-0.4, -0.2) is 32.7 Å². The molecule has 0 aliphatic heterocycles. The summed E-state index contributed by atoms with van der Waals surface area (Å²) in [7, 11) is 1.59. The molecule has 4 nitrogen and oxygen atoms in total. The number of anilines is 1. The zero-order chi connectivity index (χ0) is 12.7. The van der Waals surface area contributed by atoms with Crippen LogP contribution in [0.3, 0.4) is 0 Å². The number of amides is 1. The van der Waals surface area contributed by atoms with Crippen molar-refractivity contribution in [2.75, 3.05) is 32.1 Å². The topological polar surface area (TPSA) is 50.4 Å². The molecule has 2 N–H and O–H groups in total. The molecule has 7 heteroatoms. The Kier molecular flexibility index (Phi) is 8.66. The second-order valence-electron chi connectivity index (χ2n) is 3.35. The standard InChI is InChI=1S/C11H14ClFN2O2.ClH/c1-17-5-4-14-7-11(16)15-8-2-3-10(13)9(12)6-8;/h2-3,6,14H,4-5,7H2,1H3,(H,15,16);1H. The maximum Gasteiger partial charge on any atom is 0.238 e. The van der Waals surface area contributed by atoms with Crippen LogP contribution in [0.15, 0.2) is 18.2 Å². The fourth-order valence-electron chi connectivity index (χ4n) is 1.16. The number of methoxy groups -OCH3 is 1. The monoisotopic (exact) mass is 296 g/mol. The molecule has 0 fully saturated rings. The van der Waals surface area contributed by atoms with E-state index in [0.717, 1.165) is 0 Å². The summed E-state index contributed by atoms with van der Waals surface area (Å²) in [5, 5.41) is 5.46. The summed E-state index contributed by atoms with van der Waals surface area (Å²) in [5.74, 6) is -0.730. The summed E-state index contributed by atoms with van der Waals surface area (Å²) in [5.41, 5.74) is 0.468. The van der Waals surface area contributed by atoms with E-state index in [1.165, 1.54) is 18.2 Å². The molecule has 0 atom stereocenters. The Hall–Kier alpha value is -0.880. The van der Waals surface area contributed by atoms with Gasteiger partial charge < -0.3 is 15.4 Å². The van der Waals surface area contributed by atoms with Gasteiger partial charge in [0.2, 0.25) is 5.91 Å². The molecule has 1 rings (SSSR count). The molecule has 1 aromatic rings. The van der Waals surface area contributed by atoms with E-state index in [-0.39, 0.29) is 29.9 Å². The Morgan fingerprint density at radius 2 is 2.22 bits per heavy atom. The largest absolute Gasteiger partial charge is 0.383 e. The van der Waals surface area contributed by atoms with Gasteiger partial charge in [0.05, 0.1) is 18.2 Å². The number of rotatable bonds is 6. The van der Waals surface area contributed by atoms with Gasteiger partial charge in [0.25, 0.3) is 0 Å². The number of benzene rings is 1. The van der Waals surface area contributed by atoms with Gasteiger partial charge in [-0.1, -0.05) is 11.6 Å². The molecule has 0 aliphatic rings. The number of nitrogens with one attached hydrogen (secondary N) is 2. The van der Waals surface area contributed by atoms with E-state index >= 15 is 0 Å². The highest BCUT2D eigenvalue weighted by molar-refractivity contribution is 6.31.